The average molecular weight is 335 g/mol. The number of hydrogen-bond acceptors (Lipinski definition) is 3. The third kappa shape index (κ3) is 4.47. The maximum Gasteiger partial charge on any atom is 0.228 e. The first-order chi connectivity index (χ1) is 12.1. The summed E-state index contributed by atoms with van der Waals surface area (Å²) in [6, 6.07) is 15.3. The van der Waals surface area contributed by atoms with E-state index in [9.17, 15) is 4.79 Å². The number of aryl methyl sites for hydroxylation is 2. The number of rotatable bonds is 6. The number of benzene rings is 2. The molecule has 5 nitrogen and oxygen atoms in total. The van der Waals surface area contributed by atoms with E-state index in [-0.39, 0.29) is 5.91 Å². The summed E-state index contributed by atoms with van der Waals surface area (Å²) in [6.07, 6.45) is 3.99. The molecule has 0 atom stereocenters. The third-order valence-corrected chi connectivity index (χ3v) is 4.04. The minimum Gasteiger partial charge on any atom is -0.486 e. The number of carbonyl (C=O) groups excluding carboxylic acids is 1. The van der Waals surface area contributed by atoms with Crippen molar-refractivity contribution in [3.8, 4) is 5.75 Å². The van der Waals surface area contributed by atoms with Gasteiger partial charge in [0.2, 0.25) is 5.91 Å². The standard InChI is InChI=1S/C20H21N3O2/c1-15-5-3-4-6-16(15)13-20(24)22-17-7-9-18(10-8-17)25-14-19-21-11-12-23(19)2/h3-12H,13-14H2,1-2H3,(H,22,24). The molecule has 0 aliphatic carbocycles. The molecule has 1 N–H and O–H groups in total. The maximum atomic E-state index is 12.2. The molecule has 3 aromatic rings. The molecule has 128 valence electrons. The number of hydrogen-bond donors (Lipinski definition) is 1. The lowest BCUT2D eigenvalue weighted by Gasteiger charge is -2.09. The molecule has 0 saturated carbocycles. The van der Waals surface area contributed by atoms with E-state index < -0.39 is 0 Å². The van der Waals surface area contributed by atoms with E-state index in [1.54, 1.807) is 6.20 Å². The Morgan fingerprint density at radius 1 is 1.16 bits per heavy atom. The Morgan fingerprint density at radius 2 is 1.92 bits per heavy atom. The molecule has 0 bridgehead atoms. The summed E-state index contributed by atoms with van der Waals surface area (Å²) in [5.41, 5.74) is 2.91. The van der Waals surface area contributed by atoms with Crippen LogP contribution in [0.25, 0.3) is 0 Å². The summed E-state index contributed by atoms with van der Waals surface area (Å²) in [4.78, 5) is 16.4. The van der Waals surface area contributed by atoms with Gasteiger partial charge in [-0.25, -0.2) is 4.98 Å². The van der Waals surface area contributed by atoms with E-state index in [0.29, 0.717) is 13.0 Å². The highest BCUT2D eigenvalue weighted by Crippen LogP contribution is 2.17. The molecule has 0 aliphatic heterocycles. The highest BCUT2D eigenvalue weighted by Gasteiger charge is 2.06. The van der Waals surface area contributed by atoms with Crippen molar-refractivity contribution >= 4 is 11.6 Å². The molecular weight excluding hydrogens is 314 g/mol. The van der Waals surface area contributed by atoms with Gasteiger partial charge in [-0.2, -0.15) is 0 Å². The van der Waals surface area contributed by atoms with Gasteiger partial charge in [-0.3, -0.25) is 4.79 Å². The van der Waals surface area contributed by atoms with Gasteiger partial charge in [0, 0.05) is 25.1 Å². The number of ether oxygens (including phenoxy) is 1. The van der Waals surface area contributed by atoms with Crippen LogP contribution in [0.2, 0.25) is 0 Å². The minimum absolute atomic E-state index is 0.0315. The highest BCUT2D eigenvalue weighted by atomic mass is 16.5. The van der Waals surface area contributed by atoms with Crippen LogP contribution in [0, 0.1) is 6.92 Å². The van der Waals surface area contributed by atoms with Gasteiger partial charge in [-0.15, -0.1) is 0 Å². The summed E-state index contributed by atoms with van der Waals surface area (Å²) in [5, 5.41) is 2.91. The van der Waals surface area contributed by atoms with E-state index in [1.165, 1.54) is 0 Å². The predicted octanol–water partition coefficient (Wildman–Crippen LogP) is 3.49. The van der Waals surface area contributed by atoms with Gasteiger partial charge in [-0.05, 0) is 42.3 Å². The van der Waals surface area contributed by atoms with E-state index in [4.69, 9.17) is 4.74 Å². The lowest BCUT2D eigenvalue weighted by molar-refractivity contribution is -0.115. The smallest absolute Gasteiger partial charge is 0.228 e. The number of carbonyl (C=O) groups is 1. The first kappa shape index (κ1) is 16.8. The molecule has 25 heavy (non-hydrogen) atoms. The topological polar surface area (TPSA) is 56.1 Å². The van der Waals surface area contributed by atoms with Crippen molar-refractivity contribution in [1.29, 1.82) is 0 Å². The Hall–Kier alpha value is -3.08. The van der Waals surface area contributed by atoms with Crippen LogP contribution >= 0.6 is 0 Å². The highest BCUT2D eigenvalue weighted by molar-refractivity contribution is 5.92. The summed E-state index contributed by atoms with van der Waals surface area (Å²) in [6.45, 7) is 2.42. The second-order valence-electron chi connectivity index (χ2n) is 5.92. The van der Waals surface area contributed by atoms with Crippen LogP contribution in [-0.4, -0.2) is 15.5 Å². The minimum atomic E-state index is -0.0315. The molecule has 1 aromatic heterocycles. The summed E-state index contributed by atoms with van der Waals surface area (Å²) in [7, 11) is 1.93. The van der Waals surface area contributed by atoms with Gasteiger partial charge in [-0.1, -0.05) is 24.3 Å². The zero-order valence-electron chi connectivity index (χ0n) is 14.4. The number of nitrogens with one attached hydrogen (secondary N) is 1. The maximum absolute atomic E-state index is 12.2. The molecular formula is C20H21N3O2. The largest absolute Gasteiger partial charge is 0.486 e. The fourth-order valence-corrected chi connectivity index (χ4v) is 2.50. The molecule has 0 unspecified atom stereocenters. The molecule has 0 spiro atoms. The van der Waals surface area contributed by atoms with Crippen LogP contribution in [0.4, 0.5) is 5.69 Å². The Bertz CT molecular complexity index is 853. The zero-order chi connectivity index (χ0) is 17.6. The number of amides is 1. The quantitative estimate of drug-likeness (QED) is 0.750. The number of anilines is 1. The molecule has 0 radical (unpaired) electrons. The van der Waals surface area contributed by atoms with Crippen LogP contribution in [0.5, 0.6) is 5.75 Å². The Morgan fingerprint density at radius 3 is 2.60 bits per heavy atom. The van der Waals surface area contributed by atoms with E-state index in [0.717, 1.165) is 28.4 Å². The van der Waals surface area contributed by atoms with E-state index in [1.807, 2.05) is 73.3 Å². The van der Waals surface area contributed by atoms with Crippen LogP contribution in [0.3, 0.4) is 0 Å². The van der Waals surface area contributed by atoms with Crippen LogP contribution in [0.1, 0.15) is 17.0 Å². The molecule has 3 rings (SSSR count). The van der Waals surface area contributed by atoms with E-state index in [2.05, 4.69) is 10.3 Å². The van der Waals surface area contributed by atoms with Gasteiger partial charge in [0.15, 0.2) is 0 Å². The first-order valence-corrected chi connectivity index (χ1v) is 8.15. The predicted molar refractivity (Wildman–Crippen MR) is 97.5 cm³/mol. The fourth-order valence-electron chi connectivity index (χ4n) is 2.50. The molecule has 5 heteroatoms. The summed E-state index contributed by atoms with van der Waals surface area (Å²) < 4.78 is 7.62. The summed E-state index contributed by atoms with van der Waals surface area (Å²) >= 11 is 0. The van der Waals surface area contributed by atoms with Crippen molar-refractivity contribution in [1.82, 2.24) is 9.55 Å². The second kappa shape index (κ2) is 7.66. The normalized spacial score (nSPS) is 10.5. The molecule has 0 aliphatic rings. The third-order valence-electron chi connectivity index (χ3n) is 4.04. The van der Waals surface area contributed by atoms with Crippen LogP contribution in [0.15, 0.2) is 60.9 Å². The number of imidazole rings is 1. The average Bonchev–Trinajstić information content (AvgIpc) is 3.01. The Kier molecular flexibility index (Phi) is 5.14. The van der Waals surface area contributed by atoms with Crippen molar-refractivity contribution in [3.63, 3.8) is 0 Å². The monoisotopic (exact) mass is 335 g/mol. The van der Waals surface area contributed by atoms with Gasteiger partial charge in [0.05, 0.1) is 6.42 Å². The zero-order valence-corrected chi connectivity index (χ0v) is 14.4. The summed E-state index contributed by atoms with van der Waals surface area (Å²) in [5.74, 6) is 1.56. The lowest BCUT2D eigenvalue weighted by atomic mass is 10.1. The second-order valence-corrected chi connectivity index (χ2v) is 5.92. The molecule has 0 fully saturated rings. The molecule has 1 heterocycles. The van der Waals surface area contributed by atoms with Gasteiger partial charge in [0.25, 0.3) is 0 Å². The van der Waals surface area contributed by atoms with Crippen molar-refractivity contribution in [2.24, 2.45) is 7.05 Å². The molecule has 0 saturated heterocycles. The van der Waals surface area contributed by atoms with Crippen molar-refractivity contribution in [3.05, 3.63) is 77.9 Å². The fraction of sp³-hybridized carbons (Fsp3) is 0.200. The SMILES string of the molecule is Cc1ccccc1CC(=O)Nc1ccc(OCc2nccn2C)cc1. The molecule has 1 amide bonds. The molecule has 2 aromatic carbocycles. The van der Waals surface area contributed by atoms with Gasteiger partial charge < -0.3 is 14.6 Å². The Labute approximate surface area is 147 Å². The number of aromatic nitrogens is 2. The van der Waals surface area contributed by atoms with E-state index >= 15 is 0 Å². The van der Waals surface area contributed by atoms with Crippen molar-refractivity contribution < 1.29 is 9.53 Å². The first-order valence-electron chi connectivity index (χ1n) is 8.15. The Balaban J connectivity index is 1.54. The van der Waals surface area contributed by atoms with Crippen molar-refractivity contribution in [2.45, 2.75) is 20.0 Å². The number of nitrogens with zero attached hydrogens (tertiary/aromatic N) is 2. The van der Waals surface area contributed by atoms with Crippen LogP contribution < -0.4 is 10.1 Å². The lowest BCUT2D eigenvalue weighted by Crippen LogP contribution is -2.14. The van der Waals surface area contributed by atoms with Crippen molar-refractivity contribution in [2.75, 3.05) is 5.32 Å². The van der Waals surface area contributed by atoms with Gasteiger partial charge in [0.1, 0.15) is 18.2 Å². The van der Waals surface area contributed by atoms with Gasteiger partial charge >= 0.3 is 0 Å². The van der Waals surface area contributed by atoms with Crippen LogP contribution in [-0.2, 0) is 24.9 Å².